The number of carbonyl (C=O) groups is 1. The molecule has 1 aliphatic heterocycles. The van der Waals surface area contributed by atoms with Crippen molar-refractivity contribution in [1.29, 1.82) is 0 Å². The third-order valence-electron chi connectivity index (χ3n) is 4.18. The Morgan fingerprint density at radius 3 is 2.65 bits per heavy atom. The van der Waals surface area contributed by atoms with E-state index in [4.69, 9.17) is 11.6 Å². The van der Waals surface area contributed by atoms with Gasteiger partial charge in [0.05, 0.1) is 6.04 Å². The van der Waals surface area contributed by atoms with Crippen molar-refractivity contribution in [2.45, 2.75) is 18.9 Å². The molecule has 1 unspecified atom stereocenters. The molecule has 3 rings (SSSR count). The van der Waals surface area contributed by atoms with Gasteiger partial charge < -0.3 is 5.32 Å². The molecule has 1 N–H and O–H groups in total. The van der Waals surface area contributed by atoms with Gasteiger partial charge in [-0.05, 0) is 43.6 Å². The number of amides is 1. The summed E-state index contributed by atoms with van der Waals surface area (Å²) in [6, 6.07) is 13.8. The van der Waals surface area contributed by atoms with Crippen LogP contribution in [0.5, 0.6) is 0 Å². The van der Waals surface area contributed by atoms with E-state index in [2.05, 4.69) is 27.3 Å². The molecule has 0 radical (unpaired) electrons. The molecule has 5 heteroatoms. The summed E-state index contributed by atoms with van der Waals surface area (Å²) >= 11 is 5.92. The van der Waals surface area contributed by atoms with Crippen molar-refractivity contribution in [3.05, 3.63) is 64.9 Å². The van der Waals surface area contributed by atoms with Gasteiger partial charge in [-0.25, -0.2) is 0 Å². The van der Waals surface area contributed by atoms with Gasteiger partial charge in [0, 0.05) is 17.8 Å². The van der Waals surface area contributed by atoms with E-state index in [0.717, 1.165) is 13.1 Å². The number of halogens is 1. The number of rotatable bonds is 5. The summed E-state index contributed by atoms with van der Waals surface area (Å²) in [4.78, 5) is 18.8. The fourth-order valence-electron chi connectivity index (χ4n) is 3.00. The van der Waals surface area contributed by atoms with Gasteiger partial charge in [0.2, 0.25) is 0 Å². The molecule has 1 saturated heterocycles. The first-order valence-corrected chi connectivity index (χ1v) is 8.30. The van der Waals surface area contributed by atoms with Crippen LogP contribution >= 0.6 is 11.6 Å². The van der Waals surface area contributed by atoms with E-state index in [1.54, 1.807) is 18.3 Å². The van der Waals surface area contributed by atoms with Crippen LogP contribution in [0.15, 0.2) is 48.7 Å². The number of pyridine rings is 1. The second-order valence-electron chi connectivity index (χ2n) is 5.74. The molecule has 23 heavy (non-hydrogen) atoms. The van der Waals surface area contributed by atoms with E-state index < -0.39 is 0 Å². The maximum Gasteiger partial charge on any atom is 0.269 e. The van der Waals surface area contributed by atoms with Crippen molar-refractivity contribution in [2.75, 3.05) is 19.6 Å². The fraction of sp³-hybridized carbons (Fsp3) is 0.333. The molecule has 0 spiro atoms. The van der Waals surface area contributed by atoms with Crippen molar-refractivity contribution < 1.29 is 4.79 Å². The minimum absolute atomic E-state index is 0.187. The number of aromatic nitrogens is 1. The number of nitrogens with zero attached hydrogens (tertiary/aromatic N) is 2. The topological polar surface area (TPSA) is 45.2 Å². The Morgan fingerprint density at radius 2 is 1.96 bits per heavy atom. The van der Waals surface area contributed by atoms with Crippen LogP contribution in [-0.2, 0) is 0 Å². The average molecular weight is 330 g/mol. The van der Waals surface area contributed by atoms with Gasteiger partial charge in [-0.3, -0.25) is 14.7 Å². The molecule has 0 bridgehead atoms. The van der Waals surface area contributed by atoms with E-state index in [0.29, 0.717) is 17.3 Å². The largest absolute Gasteiger partial charge is 0.349 e. The van der Waals surface area contributed by atoms with Gasteiger partial charge in [0.25, 0.3) is 5.91 Å². The number of hydrogen-bond acceptors (Lipinski definition) is 3. The van der Waals surface area contributed by atoms with Crippen LogP contribution in [0.4, 0.5) is 0 Å². The van der Waals surface area contributed by atoms with Crippen LogP contribution in [0.1, 0.15) is 34.9 Å². The van der Waals surface area contributed by atoms with Crippen LogP contribution in [0, 0.1) is 0 Å². The van der Waals surface area contributed by atoms with Crippen molar-refractivity contribution in [3.63, 3.8) is 0 Å². The lowest BCUT2D eigenvalue weighted by molar-refractivity contribution is 0.0933. The van der Waals surface area contributed by atoms with Gasteiger partial charge in [0.1, 0.15) is 5.69 Å². The third kappa shape index (κ3) is 4.09. The lowest BCUT2D eigenvalue weighted by Gasteiger charge is -2.28. The lowest BCUT2D eigenvalue weighted by atomic mass is 10.1. The van der Waals surface area contributed by atoms with Gasteiger partial charge in [-0.15, -0.1) is 0 Å². The normalized spacial score (nSPS) is 16.2. The smallest absolute Gasteiger partial charge is 0.269 e. The van der Waals surface area contributed by atoms with Gasteiger partial charge in [0.15, 0.2) is 0 Å². The fourth-order valence-corrected chi connectivity index (χ4v) is 3.15. The predicted octanol–water partition coefficient (Wildman–Crippen LogP) is 3.30. The maximum absolute atomic E-state index is 12.3. The first-order chi connectivity index (χ1) is 11.2. The van der Waals surface area contributed by atoms with Crippen molar-refractivity contribution >= 4 is 17.5 Å². The molecular weight excluding hydrogens is 310 g/mol. The van der Waals surface area contributed by atoms with E-state index in [1.165, 1.54) is 18.4 Å². The quantitative estimate of drug-likeness (QED) is 0.915. The molecule has 0 saturated carbocycles. The first kappa shape index (κ1) is 16.0. The SMILES string of the molecule is O=C(NCC(c1ccccc1)N1CCCC1)c1cc(Cl)ccn1. The Labute approximate surface area is 141 Å². The molecule has 1 amide bonds. The van der Waals surface area contributed by atoms with Crippen LogP contribution in [0.2, 0.25) is 5.02 Å². The number of nitrogens with one attached hydrogen (secondary N) is 1. The van der Waals surface area contributed by atoms with Crippen LogP contribution in [0.25, 0.3) is 0 Å². The number of benzene rings is 1. The molecule has 120 valence electrons. The summed E-state index contributed by atoms with van der Waals surface area (Å²) in [6.07, 6.45) is 3.98. The van der Waals surface area contributed by atoms with Crippen LogP contribution in [0.3, 0.4) is 0 Å². The maximum atomic E-state index is 12.3. The Kier molecular flexibility index (Phi) is 5.26. The molecule has 2 heterocycles. The highest BCUT2D eigenvalue weighted by molar-refractivity contribution is 6.30. The minimum Gasteiger partial charge on any atom is -0.349 e. The third-order valence-corrected chi connectivity index (χ3v) is 4.41. The van der Waals surface area contributed by atoms with E-state index in [9.17, 15) is 4.79 Å². The highest BCUT2D eigenvalue weighted by Gasteiger charge is 2.24. The molecule has 1 aromatic carbocycles. The summed E-state index contributed by atoms with van der Waals surface area (Å²) in [5.74, 6) is -0.187. The van der Waals surface area contributed by atoms with Gasteiger partial charge in [-0.1, -0.05) is 41.9 Å². The molecule has 1 atom stereocenters. The molecule has 1 aliphatic rings. The number of carbonyl (C=O) groups excluding carboxylic acids is 1. The Morgan fingerprint density at radius 1 is 1.22 bits per heavy atom. The average Bonchev–Trinajstić information content (AvgIpc) is 3.10. The van der Waals surface area contributed by atoms with E-state index in [1.807, 2.05) is 18.2 Å². The molecule has 1 aromatic heterocycles. The first-order valence-electron chi connectivity index (χ1n) is 7.93. The summed E-state index contributed by atoms with van der Waals surface area (Å²) in [6.45, 7) is 2.72. The Bertz CT molecular complexity index is 656. The van der Waals surface area contributed by atoms with Crippen molar-refractivity contribution in [3.8, 4) is 0 Å². The van der Waals surface area contributed by atoms with Crippen LogP contribution < -0.4 is 5.32 Å². The second kappa shape index (κ2) is 7.57. The molecule has 1 fully saturated rings. The van der Waals surface area contributed by atoms with Crippen molar-refractivity contribution in [2.24, 2.45) is 0 Å². The molecule has 4 nitrogen and oxygen atoms in total. The predicted molar refractivity (Wildman–Crippen MR) is 91.6 cm³/mol. The molecule has 0 aliphatic carbocycles. The zero-order valence-corrected chi connectivity index (χ0v) is 13.7. The number of hydrogen-bond donors (Lipinski definition) is 1. The minimum atomic E-state index is -0.187. The molecule has 2 aromatic rings. The standard InChI is InChI=1S/C18H20ClN3O/c19-15-8-9-20-16(12-15)18(23)21-13-17(22-10-4-5-11-22)14-6-2-1-3-7-14/h1-3,6-9,12,17H,4-5,10-11,13H2,(H,21,23). The summed E-state index contributed by atoms with van der Waals surface area (Å²) in [5, 5.41) is 3.52. The summed E-state index contributed by atoms with van der Waals surface area (Å²) in [7, 11) is 0. The monoisotopic (exact) mass is 329 g/mol. The summed E-state index contributed by atoms with van der Waals surface area (Å²) < 4.78 is 0. The van der Waals surface area contributed by atoms with E-state index in [-0.39, 0.29) is 11.9 Å². The molecular formula is C18H20ClN3O. The highest BCUT2D eigenvalue weighted by Crippen LogP contribution is 2.24. The zero-order valence-electron chi connectivity index (χ0n) is 12.9. The zero-order chi connectivity index (χ0) is 16.1. The number of likely N-dealkylation sites (tertiary alicyclic amines) is 1. The highest BCUT2D eigenvalue weighted by atomic mass is 35.5. The summed E-state index contributed by atoms with van der Waals surface area (Å²) in [5.41, 5.74) is 1.58. The van der Waals surface area contributed by atoms with Crippen LogP contribution in [-0.4, -0.2) is 35.4 Å². The Hall–Kier alpha value is -1.91. The lowest BCUT2D eigenvalue weighted by Crippen LogP contribution is -2.37. The Balaban J connectivity index is 1.70. The van der Waals surface area contributed by atoms with Gasteiger partial charge in [-0.2, -0.15) is 0 Å². The van der Waals surface area contributed by atoms with Crippen molar-refractivity contribution in [1.82, 2.24) is 15.2 Å². The van der Waals surface area contributed by atoms with Gasteiger partial charge >= 0.3 is 0 Å². The van der Waals surface area contributed by atoms with E-state index >= 15 is 0 Å². The second-order valence-corrected chi connectivity index (χ2v) is 6.18.